The van der Waals surface area contributed by atoms with E-state index in [1.807, 2.05) is 6.07 Å². The van der Waals surface area contributed by atoms with Gasteiger partial charge in [-0.15, -0.1) is 11.3 Å². The second kappa shape index (κ2) is 8.46. The van der Waals surface area contributed by atoms with Crippen LogP contribution < -0.4 is 10.5 Å². The molecular weight excluding hydrogens is 374 g/mol. The number of hydrogen-bond acceptors (Lipinski definition) is 6. The largest absolute Gasteiger partial charge is 0.487 e. The van der Waals surface area contributed by atoms with Crippen LogP contribution in [-0.2, 0) is 11.4 Å². The van der Waals surface area contributed by atoms with Gasteiger partial charge in [0, 0.05) is 6.20 Å². The molecule has 0 bridgehead atoms. The number of halogens is 1. The first-order valence-electron chi connectivity index (χ1n) is 7.56. The third-order valence-corrected chi connectivity index (χ3v) is 4.38. The summed E-state index contributed by atoms with van der Waals surface area (Å²) in [6.45, 7) is 0.290. The molecule has 0 fully saturated rings. The molecule has 0 aliphatic rings. The smallest absolute Gasteiger partial charge is 0.365 e. The van der Waals surface area contributed by atoms with Crippen molar-refractivity contribution in [1.82, 2.24) is 4.98 Å². The summed E-state index contributed by atoms with van der Waals surface area (Å²) in [6, 6.07) is 15.6. The van der Waals surface area contributed by atoms with Gasteiger partial charge in [-0.25, -0.2) is 9.78 Å². The van der Waals surface area contributed by atoms with E-state index in [2.05, 4.69) is 10.1 Å². The van der Waals surface area contributed by atoms with Gasteiger partial charge in [0.05, 0.1) is 16.0 Å². The lowest BCUT2D eigenvalue weighted by atomic mass is 10.2. The molecule has 2 N–H and O–H groups in total. The van der Waals surface area contributed by atoms with Crippen molar-refractivity contribution >= 4 is 34.7 Å². The highest BCUT2D eigenvalue weighted by Gasteiger charge is 2.11. The highest BCUT2D eigenvalue weighted by molar-refractivity contribution is 7.15. The predicted octanol–water partition coefficient (Wildman–Crippen LogP) is 3.85. The Hall–Kier alpha value is -2.90. The molecular formula is C18H14ClN3O3S. The third kappa shape index (κ3) is 4.59. The maximum Gasteiger partial charge on any atom is 0.365 e. The van der Waals surface area contributed by atoms with Crippen molar-refractivity contribution in [2.75, 3.05) is 0 Å². The molecule has 3 rings (SSSR count). The van der Waals surface area contributed by atoms with Gasteiger partial charge in [0.1, 0.15) is 12.4 Å². The van der Waals surface area contributed by atoms with E-state index in [4.69, 9.17) is 26.9 Å². The van der Waals surface area contributed by atoms with Crippen LogP contribution in [0.25, 0.3) is 0 Å². The molecule has 8 heteroatoms. The maximum absolute atomic E-state index is 11.9. The SMILES string of the molecule is NC(=NOC(=O)c1ccccc1)c1ccccc1OCc1cnc(Cl)s1. The van der Waals surface area contributed by atoms with E-state index in [-0.39, 0.29) is 5.84 Å². The van der Waals surface area contributed by atoms with Crippen LogP contribution in [0.2, 0.25) is 4.47 Å². The van der Waals surface area contributed by atoms with E-state index in [0.29, 0.717) is 28.0 Å². The molecule has 0 spiro atoms. The first kappa shape index (κ1) is 17.9. The highest BCUT2D eigenvalue weighted by Crippen LogP contribution is 2.22. The van der Waals surface area contributed by atoms with Crippen LogP contribution in [0.15, 0.2) is 65.9 Å². The van der Waals surface area contributed by atoms with Gasteiger partial charge in [0.15, 0.2) is 10.3 Å². The number of thiazole rings is 1. The summed E-state index contributed by atoms with van der Waals surface area (Å²) in [5.74, 6) is -0.0486. The number of nitrogens with two attached hydrogens (primary N) is 1. The Morgan fingerprint density at radius 1 is 1.15 bits per heavy atom. The molecule has 0 radical (unpaired) electrons. The Morgan fingerprint density at radius 2 is 1.88 bits per heavy atom. The number of carbonyl (C=O) groups excluding carboxylic acids is 1. The zero-order chi connectivity index (χ0) is 18.4. The van der Waals surface area contributed by atoms with Crippen LogP contribution in [0.3, 0.4) is 0 Å². The Bertz CT molecular complexity index is 928. The summed E-state index contributed by atoms with van der Waals surface area (Å²) in [5.41, 5.74) is 6.86. The van der Waals surface area contributed by atoms with Crippen molar-refractivity contribution in [1.29, 1.82) is 0 Å². The van der Waals surface area contributed by atoms with Crippen molar-refractivity contribution in [2.24, 2.45) is 10.9 Å². The monoisotopic (exact) mass is 387 g/mol. The lowest BCUT2D eigenvalue weighted by Crippen LogP contribution is -2.16. The minimum absolute atomic E-state index is 0.0345. The number of amidine groups is 1. The standard InChI is InChI=1S/C18H14ClN3O3S/c19-18-21-10-13(26-18)11-24-15-9-5-4-8-14(15)16(20)22-25-17(23)12-6-2-1-3-7-12/h1-10H,11H2,(H2,20,22). The average molecular weight is 388 g/mol. The fourth-order valence-electron chi connectivity index (χ4n) is 2.07. The fourth-order valence-corrected chi connectivity index (χ4v) is 2.96. The third-order valence-electron chi connectivity index (χ3n) is 3.29. The van der Waals surface area contributed by atoms with Gasteiger partial charge in [-0.1, -0.05) is 47.1 Å². The number of benzene rings is 2. The van der Waals surface area contributed by atoms with Crippen molar-refractivity contribution in [3.63, 3.8) is 0 Å². The van der Waals surface area contributed by atoms with Gasteiger partial charge in [0.25, 0.3) is 0 Å². The lowest BCUT2D eigenvalue weighted by Gasteiger charge is -2.09. The van der Waals surface area contributed by atoms with Gasteiger partial charge in [0.2, 0.25) is 0 Å². The number of carbonyl (C=O) groups is 1. The van der Waals surface area contributed by atoms with E-state index in [0.717, 1.165) is 4.88 Å². The van der Waals surface area contributed by atoms with Crippen LogP contribution in [0, 0.1) is 0 Å². The van der Waals surface area contributed by atoms with Gasteiger partial charge >= 0.3 is 5.97 Å². The van der Waals surface area contributed by atoms with Crippen molar-refractivity contribution in [3.05, 3.63) is 81.3 Å². The molecule has 0 saturated carbocycles. The predicted molar refractivity (Wildman–Crippen MR) is 100 cm³/mol. The van der Waals surface area contributed by atoms with E-state index >= 15 is 0 Å². The number of ether oxygens (including phenoxy) is 1. The van der Waals surface area contributed by atoms with Crippen LogP contribution in [-0.4, -0.2) is 16.8 Å². The molecule has 6 nitrogen and oxygen atoms in total. The number of nitrogens with zero attached hydrogens (tertiary/aromatic N) is 2. The van der Waals surface area contributed by atoms with Crippen LogP contribution >= 0.6 is 22.9 Å². The molecule has 0 aliphatic heterocycles. The fraction of sp³-hybridized carbons (Fsp3) is 0.0556. The Labute approximate surface area is 158 Å². The van der Waals surface area contributed by atoms with Gasteiger partial charge in [-0.2, -0.15) is 0 Å². The summed E-state index contributed by atoms with van der Waals surface area (Å²) in [4.78, 5) is 21.7. The normalized spacial score (nSPS) is 11.2. The number of rotatable bonds is 6. The van der Waals surface area contributed by atoms with E-state index < -0.39 is 5.97 Å². The number of hydrogen-bond donors (Lipinski definition) is 1. The van der Waals surface area contributed by atoms with E-state index in [1.165, 1.54) is 11.3 Å². The summed E-state index contributed by atoms with van der Waals surface area (Å²) in [5, 5.41) is 3.72. The Balaban J connectivity index is 1.70. The Morgan fingerprint density at radius 3 is 2.62 bits per heavy atom. The van der Waals surface area contributed by atoms with Crippen molar-refractivity contribution < 1.29 is 14.4 Å². The van der Waals surface area contributed by atoms with E-state index in [9.17, 15) is 4.79 Å². The molecule has 2 aromatic carbocycles. The maximum atomic E-state index is 11.9. The van der Waals surface area contributed by atoms with Crippen LogP contribution in [0.1, 0.15) is 20.8 Å². The quantitative estimate of drug-likeness (QED) is 0.300. The summed E-state index contributed by atoms with van der Waals surface area (Å²) in [6.07, 6.45) is 1.65. The number of oxime groups is 1. The molecule has 1 aromatic heterocycles. The topological polar surface area (TPSA) is 86.8 Å². The van der Waals surface area contributed by atoms with Crippen molar-refractivity contribution in [3.8, 4) is 5.75 Å². The van der Waals surface area contributed by atoms with E-state index in [1.54, 1.807) is 54.7 Å². The first-order chi connectivity index (χ1) is 12.6. The molecule has 0 aliphatic carbocycles. The molecule has 3 aromatic rings. The lowest BCUT2D eigenvalue weighted by molar-refractivity contribution is 0.0516. The zero-order valence-electron chi connectivity index (χ0n) is 13.5. The summed E-state index contributed by atoms with van der Waals surface area (Å²) in [7, 11) is 0. The first-order valence-corrected chi connectivity index (χ1v) is 8.75. The molecule has 0 unspecified atom stereocenters. The van der Waals surface area contributed by atoms with Gasteiger partial charge in [-0.05, 0) is 24.3 Å². The minimum Gasteiger partial charge on any atom is -0.487 e. The van der Waals surface area contributed by atoms with Crippen LogP contribution in [0.5, 0.6) is 5.75 Å². The molecule has 0 amide bonds. The number of para-hydroxylation sites is 1. The summed E-state index contributed by atoms with van der Waals surface area (Å²) >= 11 is 7.14. The highest BCUT2D eigenvalue weighted by atomic mass is 35.5. The minimum atomic E-state index is -0.591. The van der Waals surface area contributed by atoms with Crippen molar-refractivity contribution in [2.45, 2.75) is 6.61 Å². The average Bonchev–Trinajstić information content (AvgIpc) is 3.10. The molecule has 132 valence electrons. The summed E-state index contributed by atoms with van der Waals surface area (Å²) < 4.78 is 6.21. The number of aromatic nitrogens is 1. The van der Waals surface area contributed by atoms with Crippen LogP contribution in [0.4, 0.5) is 0 Å². The second-order valence-corrected chi connectivity index (χ2v) is 6.78. The molecule has 26 heavy (non-hydrogen) atoms. The molecule has 1 heterocycles. The second-order valence-electron chi connectivity index (χ2n) is 5.09. The molecule has 0 saturated heterocycles. The zero-order valence-corrected chi connectivity index (χ0v) is 15.0. The Kier molecular flexibility index (Phi) is 5.83. The van der Waals surface area contributed by atoms with Gasteiger partial charge in [-0.3, -0.25) is 0 Å². The van der Waals surface area contributed by atoms with Gasteiger partial charge < -0.3 is 15.3 Å². The molecule has 0 atom stereocenters.